The molecule has 0 spiro atoms. The van der Waals surface area contributed by atoms with Crippen molar-refractivity contribution >= 4 is 36.8 Å². The van der Waals surface area contributed by atoms with E-state index in [-0.39, 0.29) is 16.8 Å². The van der Waals surface area contributed by atoms with Crippen LogP contribution in [0.5, 0.6) is 0 Å². The van der Waals surface area contributed by atoms with Gasteiger partial charge in [-0.1, -0.05) is 113 Å². The fourth-order valence-electron chi connectivity index (χ4n) is 4.16. The highest BCUT2D eigenvalue weighted by atomic mass is 32.2. The van der Waals surface area contributed by atoms with Gasteiger partial charge in [0.2, 0.25) is 10.0 Å². The Hall–Kier alpha value is -1.52. The number of sulfonamides is 1. The summed E-state index contributed by atoms with van der Waals surface area (Å²) in [6, 6.07) is 21.7. The van der Waals surface area contributed by atoms with E-state index in [1.807, 2.05) is 31.2 Å². The third kappa shape index (κ3) is 8.31. The van der Waals surface area contributed by atoms with E-state index in [0.29, 0.717) is 6.61 Å². The van der Waals surface area contributed by atoms with Gasteiger partial charge < -0.3 is 4.43 Å². The van der Waals surface area contributed by atoms with Crippen LogP contribution in [0.4, 0.5) is 0 Å². The second-order valence-electron chi connectivity index (χ2n) is 11.3. The number of rotatable bonds is 12. The van der Waals surface area contributed by atoms with Crippen LogP contribution in [0.1, 0.15) is 34.1 Å². The van der Waals surface area contributed by atoms with Crippen molar-refractivity contribution in [3.63, 3.8) is 0 Å². The molecule has 0 amide bonds. The zero-order chi connectivity index (χ0) is 25.5. The van der Waals surface area contributed by atoms with E-state index >= 15 is 0 Å². The van der Waals surface area contributed by atoms with Crippen molar-refractivity contribution in [1.29, 1.82) is 0 Å². The average Bonchev–Trinajstić information content (AvgIpc) is 2.74. The molecule has 0 aromatic heterocycles. The number of hydrogen-bond acceptors (Lipinski definition) is 3. The van der Waals surface area contributed by atoms with Gasteiger partial charge in [0, 0.05) is 20.7 Å². The topological polar surface area (TPSA) is 55.4 Å². The van der Waals surface area contributed by atoms with Crippen LogP contribution in [0.15, 0.2) is 72.8 Å². The first-order valence-electron chi connectivity index (χ1n) is 12.2. The molecule has 7 heteroatoms. The van der Waals surface area contributed by atoms with Crippen LogP contribution in [0, 0.1) is 0 Å². The van der Waals surface area contributed by atoms with Crippen LogP contribution in [0.3, 0.4) is 0 Å². The maximum Gasteiger partial charge on any atom is 0.261 e. The number of nitrogens with one attached hydrogen (secondary N) is 1. The molecule has 0 radical (unpaired) electrons. The van der Waals surface area contributed by atoms with E-state index in [9.17, 15) is 8.42 Å². The molecular weight excluding hydrogens is 475 g/mol. The summed E-state index contributed by atoms with van der Waals surface area (Å²) in [7, 11) is -7.19. The van der Waals surface area contributed by atoms with E-state index in [4.69, 9.17) is 4.43 Å². The minimum absolute atomic E-state index is 0.0568. The molecule has 0 bridgehead atoms. The van der Waals surface area contributed by atoms with Gasteiger partial charge >= 0.3 is 0 Å². The Labute approximate surface area is 210 Å². The quantitative estimate of drug-likeness (QED) is 0.240. The molecule has 2 aromatic rings. The minimum Gasteiger partial charge on any atom is -0.407 e. The van der Waals surface area contributed by atoms with E-state index in [1.54, 1.807) is 0 Å². The van der Waals surface area contributed by atoms with Crippen molar-refractivity contribution in [3.8, 4) is 0 Å². The Morgan fingerprint density at radius 2 is 1.44 bits per heavy atom. The Balaban J connectivity index is 2.10. The largest absolute Gasteiger partial charge is 0.407 e. The molecule has 0 saturated heterocycles. The van der Waals surface area contributed by atoms with Crippen molar-refractivity contribution in [1.82, 2.24) is 4.72 Å². The predicted octanol–water partition coefficient (Wildman–Crippen LogP) is 5.16. The van der Waals surface area contributed by atoms with Gasteiger partial charge in [0.15, 0.2) is 0 Å². The third-order valence-electron chi connectivity index (χ3n) is 5.93. The Kier molecular flexibility index (Phi) is 10.1. The van der Waals surface area contributed by atoms with Crippen molar-refractivity contribution in [2.45, 2.75) is 70.9 Å². The average molecular weight is 518 g/mol. The summed E-state index contributed by atoms with van der Waals surface area (Å²) < 4.78 is 34.4. The van der Waals surface area contributed by atoms with E-state index in [0.717, 1.165) is 12.5 Å². The first-order chi connectivity index (χ1) is 15.8. The van der Waals surface area contributed by atoms with Gasteiger partial charge in [-0.2, -0.15) is 0 Å². The summed E-state index contributed by atoms with van der Waals surface area (Å²) in [5, 5.41) is 2.47. The summed E-state index contributed by atoms with van der Waals surface area (Å²) >= 11 is 0. The van der Waals surface area contributed by atoms with Gasteiger partial charge in [-0.05, 0) is 34.8 Å². The normalized spacial score (nSPS) is 14.4. The summed E-state index contributed by atoms with van der Waals surface area (Å²) in [4.78, 5) is 0. The standard InChI is InChI=1S/C27H43NO3SSi2/c1-24(28-32(29,30)22-23-33(5,6)7)16-14-15-21-31-34(27(2,3)4,25-17-10-8-11-18-25)26-19-12-9-13-20-26/h8-14,16-20,24,28H,15,21-23H2,1-7H3/b16-14+. The van der Waals surface area contributed by atoms with Crippen molar-refractivity contribution in [2.24, 2.45) is 0 Å². The van der Waals surface area contributed by atoms with Crippen molar-refractivity contribution in [2.75, 3.05) is 12.4 Å². The van der Waals surface area contributed by atoms with Crippen molar-refractivity contribution < 1.29 is 12.8 Å². The lowest BCUT2D eigenvalue weighted by molar-refractivity contribution is 0.304. The first-order valence-corrected chi connectivity index (χ1v) is 19.5. The lowest BCUT2D eigenvalue weighted by Crippen LogP contribution is -2.66. The molecule has 0 fully saturated rings. The molecule has 1 N–H and O–H groups in total. The summed E-state index contributed by atoms with van der Waals surface area (Å²) in [5.41, 5.74) is 0. The zero-order valence-electron chi connectivity index (χ0n) is 22.0. The molecule has 34 heavy (non-hydrogen) atoms. The smallest absolute Gasteiger partial charge is 0.261 e. The van der Waals surface area contributed by atoms with E-state index in [2.05, 4.69) is 93.7 Å². The second-order valence-corrected chi connectivity index (χ2v) is 23.1. The Bertz CT molecular complexity index is 972. The molecule has 0 saturated carbocycles. The van der Waals surface area contributed by atoms with Crippen LogP contribution in [0.25, 0.3) is 0 Å². The molecule has 188 valence electrons. The molecule has 4 nitrogen and oxygen atoms in total. The highest BCUT2D eigenvalue weighted by Gasteiger charge is 2.49. The van der Waals surface area contributed by atoms with Crippen LogP contribution in [-0.2, 0) is 14.4 Å². The lowest BCUT2D eigenvalue weighted by Gasteiger charge is -2.43. The molecule has 2 rings (SSSR count). The monoisotopic (exact) mass is 517 g/mol. The van der Waals surface area contributed by atoms with Gasteiger partial charge in [-0.3, -0.25) is 0 Å². The molecular formula is C27H43NO3SSi2. The van der Waals surface area contributed by atoms with Gasteiger partial charge in [0.1, 0.15) is 0 Å². The molecule has 0 aliphatic rings. The summed E-state index contributed by atoms with van der Waals surface area (Å²) in [6.45, 7) is 15.8. The van der Waals surface area contributed by atoms with Crippen LogP contribution in [-0.4, -0.2) is 43.2 Å². The van der Waals surface area contributed by atoms with Crippen LogP contribution < -0.4 is 15.1 Å². The molecule has 0 heterocycles. The van der Waals surface area contributed by atoms with Crippen molar-refractivity contribution in [3.05, 3.63) is 72.8 Å². The maximum atomic E-state index is 12.4. The van der Waals surface area contributed by atoms with E-state index < -0.39 is 26.4 Å². The van der Waals surface area contributed by atoms with Gasteiger partial charge in [0.25, 0.3) is 8.32 Å². The van der Waals surface area contributed by atoms with Gasteiger partial charge in [0.05, 0.1) is 5.75 Å². The molecule has 0 aliphatic carbocycles. The van der Waals surface area contributed by atoms with Gasteiger partial charge in [-0.25, -0.2) is 13.1 Å². The second kappa shape index (κ2) is 11.9. The predicted molar refractivity (Wildman–Crippen MR) is 152 cm³/mol. The highest BCUT2D eigenvalue weighted by Crippen LogP contribution is 2.36. The molecule has 0 aliphatic heterocycles. The maximum absolute atomic E-state index is 12.4. The van der Waals surface area contributed by atoms with Crippen LogP contribution in [0.2, 0.25) is 30.7 Å². The SMILES string of the molecule is CC(/C=C/CCO[Si](c1ccccc1)(c1ccccc1)C(C)(C)C)NS(=O)(=O)CC[Si](C)(C)C. The lowest BCUT2D eigenvalue weighted by atomic mass is 10.2. The Morgan fingerprint density at radius 3 is 1.88 bits per heavy atom. The first kappa shape index (κ1) is 28.7. The van der Waals surface area contributed by atoms with Gasteiger partial charge in [-0.15, -0.1) is 0 Å². The number of benzene rings is 2. The molecule has 2 aromatic carbocycles. The minimum atomic E-state index is -3.26. The molecule has 1 unspecified atom stereocenters. The Morgan fingerprint density at radius 1 is 0.941 bits per heavy atom. The van der Waals surface area contributed by atoms with Crippen LogP contribution >= 0.6 is 0 Å². The third-order valence-corrected chi connectivity index (χ3v) is 14.6. The summed E-state index contributed by atoms with van der Waals surface area (Å²) in [6.07, 6.45) is 4.69. The number of hydrogen-bond donors (Lipinski definition) is 1. The zero-order valence-corrected chi connectivity index (χ0v) is 24.8. The fraction of sp³-hybridized carbons (Fsp3) is 0.481. The highest BCUT2D eigenvalue weighted by molar-refractivity contribution is 7.89. The van der Waals surface area contributed by atoms with E-state index in [1.165, 1.54) is 10.4 Å². The summed E-state index contributed by atoms with van der Waals surface area (Å²) in [5.74, 6) is 0.206. The fourth-order valence-corrected chi connectivity index (χ4v) is 13.0. The molecule has 1 atom stereocenters.